The van der Waals surface area contributed by atoms with Crippen molar-refractivity contribution in [2.45, 2.75) is 57.4 Å². The van der Waals surface area contributed by atoms with Gasteiger partial charge in [0.2, 0.25) is 5.91 Å². The first-order valence-corrected chi connectivity index (χ1v) is 13.0. The Morgan fingerprint density at radius 2 is 1.78 bits per heavy atom. The van der Waals surface area contributed by atoms with Crippen molar-refractivity contribution in [1.29, 1.82) is 0 Å². The fourth-order valence-corrected chi connectivity index (χ4v) is 8.12. The topological polar surface area (TPSA) is 44.8 Å². The van der Waals surface area contributed by atoms with Crippen molar-refractivity contribution in [3.8, 4) is 0 Å². The fourth-order valence-electron chi connectivity index (χ4n) is 8.12. The third-order valence-corrected chi connectivity index (χ3v) is 9.30. The van der Waals surface area contributed by atoms with Gasteiger partial charge in [0.15, 0.2) is 0 Å². The van der Waals surface area contributed by atoms with Crippen molar-refractivity contribution in [2.75, 3.05) is 51.3 Å². The molecule has 174 valence electrons. The summed E-state index contributed by atoms with van der Waals surface area (Å²) in [5, 5.41) is 3.49. The summed E-state index contributed by atoms with van der Waals surface area (Å²) in [5.74, 6) is 2.77. The summed E-state index contributed by atoms with van der Waals surface area (Å²) in [7, 11) is 2.20. The Bertz CT molecular complexity index is 827. The van der Waals surface area contributed by atoms with Crippen LogP contribution in [0, 0.1) is 23.2 Å². The highest BCUT2D eigenvalue weighted by Gasteiger charge is 2.54. The standard InChI is InChI=1S/C27H39N3O2/c1-29-6-2-3-22-14-23(4-5-24(22)29)25(30-7-9-32-10-8-30)18-28-26(31)27-15-19-11-20(16-27)13-21(12-19)17-27/h4-5,14,19-21,25H,2-3,6-13,15-18H2,1H3,(H,28,31)/t19?,20?,21?,25-,27?/m0/s1. The SMILES string of the molecule is CN1CCCc2cc([C@H](CNC(=O)C34CC5CC(CC(C5)C3)C4)N3CCOCC3)ccc21. The van der Waals surface area contributed by atoms with Gasteiger partial charge in [-0.05, 0) is 86.3 Å². The van der Waals surface area contributed by atoms with E-state index >= 15 is 0 Å². The highest BCUT2D eigenvalue weighted by molar-refractivity contribution is 5.83. The zero-order chi connectivity index (χ0) is 21.7. The monoisotopic (exact) mass is 437 g/mol. The maximum Gasteiger partial charge on any atom is 0.226 e. The van der Waals surface area contributed by atoms with Crippen molar-refractivity contribution < 1.29 is 9.53 Å². The molecular weight excluding hydrogens is 398 g/mol. The predicted molar refractivity (Wildman–Crippen MR) is 127 cm³/mol. The molecule has 5 fully saturated rings. The largest absolute Gasteiger partial charge is 0.379 e. The molecule has 1 amide bonds. The van der Waals surface area contributed by atoms with Crippen LogP contribution >= 0.6 is 0 Å². The fraction of sp³-hybridized carbons (Fsp3) is 0.741. The molecule has 2 heterocycles. The lowest BCUT2D eigenvalue weighted by molar-refractivity contribution is -0.146. The average Bonchev–Trinajstić information content (AvgIpc) is 2.79. The number of fused-ring (bicyclic) bond motifs is 1. The number of ether oxygens (including phenoxy) is 1. The normalized spacial score (nSPS) is 34.9. The molecule has 0 radical (unpaired) electrons. The lowest BCUT2D eigenvalue weighted by Gasteiger charge is -2.55. The summed E-state index contributed by atoms with van der Waals surface area (Å²) in [4.78, 5) is 18.5. The summed E-state index contributed by atoms with van der Waals surface area (Å²) in [5.41, 5.74) is 4.12. The Morgan fingerprint density at radius 3 is 2.47 bits per heavy atom. The third-order valence-electron chi connectivity index (χ3n) is 9.30. The molecular formula is C27H39N3O2. The van der Waals surface area contributed by atoms with E-state index in [2.05, 4.69) is 40.4 Å². The second-order valence-corrected chi connectivity index (χ2v) is 11.5. The summed E-state index contributed by atoms with van der Waals surface area (Å²) >= 11 is 0. The molecule has 5 nitrogen and oxygen atoms in total. The molecule has 6 aliphatic rings. The molecule has 1 N–H and O–H groups in total. The van der Waals surface area contributed by atoms with Crippen LogP contribution in [-0.4, -0.2) is 57.2 Å². The van der Waals surface area contributed by atoms with Crippen molar-refractivity contribution in [2.24, 2.45) is 23.2 Å². The van der Waals surface area contributed by atoms with Gasteiger partial charge in [0.25, 0.3) is 0 Å². The molecule has 1 atom stereocenters. The molecule has 32 heavy (non-hydrogen) atoms. The first-order chi connectivity index (χ1) is 15.6. The van der Waals surface area contributed by atoms with Crippen molar-refractivity contribution >= 4 is 11.6 Å². The maximum absolute atomic E-state index is 13.6. The van der Waals surface area contributed by atoms with Gasteiger partial charge >= 0.3 is 0 Å². The summed E-state index contributed by atoms with van der Waals surface area (Å²) < 4.78 is 5.64. The van der Waals surface area contributed by atoms with Crippen LogP contribution in [0.3, 0.4) is 0 Å². The Morgan fingerprint density at radius 1 is 1.09 bits per heavy atom. The lowest BCUT2D eigenvalue weighted by atomic mass is 9.49. The van der Waals surface area contributed by atoms with Gasteiger partial charge < -0.3 is 15.0 Å². The highest BCUT2D eigenvalue weighted by Crippen LogP contribution is 2.60. The highest BCUT2D eigenvalue weighted by atomic mass is 16.5. The van der Waals surface area contributed by atoms with Gasteiger partial charge in [-0.3, -0.25) is 9.69 Å². The molecule has 7 rings (SSSR count). The van der Waals surface area contributed by atoms with Gasteiger partial charge in [0.05, 0.1) is 19.3 Å². The second kappa shape index (κ2) is 8.32. The van der Waals surface area contributed by atoms with Crippen LogP contribution < -0.4 is 10.2 Å². The van der Waals surface area contributed by atoms with Gasteiger partial charge in [0.1, 0.15) is 0 Å². The summed E-state index contributed by atoms with van der Waals surface area (Å²) in [6.45, 7) is 5.31. The number of hydrogen-bond acceptors (Lipinski definition) is 4. The Balaban J connectivity index is 1.21. The number of hydrogen-bond donors (Lipinski definition) is 1. The number of anilines is 1. The third kappa shape index (κ3) is 3.75. The van der Waals surface area contributed by atoms with Gasteiger partial charge in [0, 0.05) is 44.3 Å². The van der Waals surface area contributed by atoms with E-state index < -0.39 is 0 Å². The Kier molecular flexibility index (Phi) is 5.46. The molecule has 4 aliphatic carbocycles. The number of benzene rings is 1. The number of carbonyl (C=O) groups excluding carboxylic acids is 1. The van der Waals surface area contributed by atoms with Crippen LogP contribution in [0.1, 0.15) is 62.1 Å². The minimum absolute atomic E-state index is 0.0666. The first kappa shape index (κ1) is 21.0. The average molecular weight is 438 g/mol. The van der Waals surface area contributed by atoms with Gasteiger partial charge in [-0.2, -0.15) is 0 Å². The summed E-state index contributed by atoms with van der Waals surface area (Å²) in [6, 6.07) is 7.26. The molecule has 1 saturated heterocycles. The Hall–Kier alpha value is -1.59. The molecule has 4 saturated carbocycles. The van der Waals surface area contributed by atoms with E-state index in [1.165, 1.54) is 42.5 Å². The molecule has 0 unspecified atom stereocenters. The quantitative estimate of drug-likeness (QED) is 0.762. The van der Waals surface area contributed by atoms with Gasteiger partial charge in [-0.25, -0.2) is 0 Å². The Labute approximate surface area is 192 Å². The number of rotatable bonds is 5. The van der Waals surface area contributed by atoms with E-state index in [1.807, 2.05) is 0 Å². The van der Waals surface area contributed by atoms with E-state index in [0.717, 1.165) is 82.8 Å². The molecule has 1 aromatic rings. The van der Waals surface area contributed by atoms with E-state index in [1.54, 1.807) is 0 Å². The summed E-state index contributed by atoms with van der Waals surface area (Å²) in [6.07, 6.45) is 9.93. The van der Waals surface area contributed by atoms with Crippen LogP contribution in [0.5, 0.6) is 0 Å². The van der Waals surface area contributed by atoms with Crippen LogP contribution in [0.15, 0.2) is 18.2 Å². The van der Waals surface area contributed by atoms with Crippen molar-refractivity contribution in [3.05, 3.63) is 29.3 Å². The van der Waals surface area contributed by atoms with E-state index in [9.17, 15) is 4.79 Å². The molecule has 0 aromatic heterocycles. The molecule has 5 heteroatoms. The number of carbonyl (C=O) groups is 1. The number of nitrogens with one attached hydrogen (secondary N) is 1. The zero-order valence-corrected chi connectivity index (χ0v) is 19.7. The molecule has 1 aromatic carbocycles. The lowest BCUT2D eigenvalue weighted by Crippen LogP contribution is -2.54. The minimum Gasteiger partial charge on any atom is -0.379 e. The van der Waals surface area contributed by atoms with Gasteiger partial charge in [-0.15, -0.1) is 0 Å². The van der Waals surface area contributed by atoms with Crippen molar-refractivity contribution in [3.63, 3.8) is 0 Å². The second-order valence-electron chi connectivity index (χ2n) is 11.5. The number of nitrogens with zero attached hydrogens (tertiary/aromatic N) is 2. The van der Waals surface area contributed by atoms with Crippen LogP contribution in [-0.2, 0) is 16.0 Å². The minimum atomic E-state index is -0.0666. The molecule has 0 spiro atoms. The number of morpholine rings is 1. The maximum atomic E-state index is 13.6. The molecule has 2 aliphatic heterocycles. The van der Waals surface area contributed by atoms with Gasteiger partial charge in [-0.1, -0.05) is 12.1 Å². The van der Waals surface area contributed by atoms with Crippen LogP contribution in [0.2, 0.25) is 0 Å². The zero-order valence-electron chi connectivity index (χ0n) is 19.7. The number of amides is 1. The van der Waals surface area contributed by atoms with E-state index in [0.29, 0.717) is 5.91 Å². The van der Waals surface area contributed by atoms with Crippen molar-refractivity contribution in [1.82, 2.24) is 10.2 Å². The van der Waals surface area contributed by atoms with Crippen LogP contribution in [0.25, 0.3) is 0 Å². The van der Waals surface area contributed by atoms with Crippen LogP contribution in [0.4, 0.5) is 5.69 Å². The number of aryl methyl sites for hydroxylation is 1. The predicted octanol–water partition coefficient (Wildman–Crippen LogP) is 3.77. The van der Waals surface area contributed by atoms with E-state index in [-0.39, 0.29) is 11.5 Å². The first-order valence-electron chi connectivity index (χ1n) is 13.0. The smallest absolute Gasteiger partial charge is 0.226 e. The molecule has 4 bridgehead atoms. The van der Waals surface area contributed by atoms with E-state index in [4.69, 9.17) is 4.74 Å².